The van der Waals surface area contributed by atoms with Crippen LogP contribution < -0.4 is 10.1 Å². The van der Waals surface area contributed by atoms with Gasteiger partial charge in [0, 0.05) is 24.6 Å². The number of nitrogens with one attached hydrogen (secondary N) is 1. The molecular weight excluding hydrogens is 348 g/mol. The maximum atomic E-state index is 12.1. The molecule has 0 spiro atoms. The Morgan fingerprint density at radius 3 is 2.68 bits per heavy atom. The largest absolute Gasteiger partial charge is 0.486 e. The van der Waals surface area contributed by atoms with E-state index in [0.29, 0.717) is 18.1 Å². The van der Waals surface area contributed by atoms with Gasteiger partial charge >= 0.3 is 0 Å². The van der Waals surface area contributed by atoms with Crippen LogP contribution in [0.3, 0.4) is 0 Å². The van der Waals surface area contributed by atoms with Crippen LogP contribution in [0.2, 0.25) is 0 Å². The third-order valence-corrected chi connectivity index (χ3v) is 3.64. The van der Waals surface area contributed by atoms with Crippen molar-refractivity contribution < 1.29 is 13.9 Å². The lowest BCUT2D eigenvalue weighted by Crippen LogP contribution is -2.32. The molecule has 0 atom stereocenters. The molecule has 0 saturated carbocycles. The van der Waals surface area contributed by atoms with Gasteiger partial charge in [0.25, 0.3) is 5.91 Å². The van der Waals surface area contributed by atoms with Gasteiger partial charge in [0.05, 0.1) is 0 Å². The number of benzene rings is 1. The van der Waals surface area contributed by atoms with Crippen molar-refractivity contribution in [1.29, 1.82) is 0 Å². The number of ether oxygens (including phenoxy) is 1. The zero-order valence-corrected chi connectivity index (χ0v) is 14.2. The average molecular weight is 367 g/mol. The standard InChI is InChI=1S/C16H19BrN2O3/c1-18-9-10-19(2)16(20)15-8-7-14(22-15)11-21-13-5-3-12(17)4-6-13/h3-8,18H,9-11H2,1-2H3. The predicted molar refractivity (Wildman–Crippen MR) is 88.1 cm³/mol. The van der Waals surface area contributed by atoms with Gasteiger partial charge in [-0.15, -0.1) is 0 Å². The molecule has 0 aliphatic rings. The van der Waals surface area contributed by atoms with Crippen molar-refractivity contribution in [3.05, 3.63) is 52.4 Å². The minimum atomic E-state index is -0.134. The van der Waals surface area contributed by atoms with Gasteiger partial charge in [0.2, 0.25) is 0 Å². The second-order valence-electron chi connectivity index (χ2n) is 4.84. The smallest absolute Gasteiger partial charge is 0.289 e. The van der Waals surface area contributed by atoms with E-state index in [4.69, 9.17) is 9.15 Å². The zero-order valence-electron chi connectivity index (χ0n) is 12.6. The van der Waals surface area contributed by atoms with Crippen LogP contribution in [0.25, 0.3) is 0 Å². The molecule has 1 aromatic heterocycles. The minimum Gasteiger partial charge on any atom is -0.486 e. The van der Waals surface area contributed by atoms with Gasteiger partial charge in [-0.2, -0.15) is 0 Å². The Morgan fingerprint density at radius 1 is 1.27 bits per heavy atom. The van der Waals surface area contributed by atoms with E-state index in [9.17, 15) is 4.79 Å². The minimum absolute atomic E-state index is 0.134. The van der Waals surface area contributed by atoms with E-state index in [2.05, 4.69) is 21.2 Å². The molecule has 1 aromatic carbocycles. The summed E-state index contributed by atoms with van der Waals surface area (Å²) in [5.74, 6) is 1.56. The summed E-state index contributed by atoms with van der Waals surface area (Å²) >= 11 is 3.37. The van der Waals surface area contributed by atoms with Gasteiger partial charge in [-0.1, -0.05) is 15.9 Å². The fourth-order valence-corrected chi connectivity index (χ4v) is 2.09. The number of halogens is 1. The Hall–Kier alpha value is -1.79. The lowest BCUT2D eigenvalue weighted by Gasteiger charge is -2.15. The van der Waals surface area contributed by atoms with Crippen LogP contribution in [0.1, 0.15) is 16.3 Å². The molecule has 1 amide bonds. The Labute approximate surface area is 138 Å². The molecule has 2 rings (SSSR count). The van der Waals surface area contributed by atoms with Crippen molar-refractivity contribution in [3.8, 4) is 5.75 Å². The van der Waals surface area contributed by atoms with Crippen LogP contribution in [0, 0.1) is 0 Å². The van der Waals surface area contributed by atoms with Gasteiger partial charge in [-0.25, -0.2) is 0 Å². The van der Waals surface area contributed by atoms with Gasteiger partial charge in [-0.05, 0) is 43.4 Å². The number of carbonyl (C=O) groups excluding carboxylic acids is 1. The maximum absolute atomic E-state index is 12.1. The molecule has 22 heavy (non-hydrogen) atoms. The average Bonchev–Trinajstić information content (AvgIpc) is 3.00. The normalized spacial score (nSPS) is 10.5. The molecule has 2 aromatic rings. The van der Waals surface area contributed by atoms with Crippen molar-refractivity contribution in [2.75, 3.05) is 27.2 Å². The van der Waals surface area contributed by atoms with E-state index in [1.165, 1.54) is 0 Å². The topological polar surface area (TPSA) is 54.7 Å². The monoisotopic (exact) mass is 366 g/mol. The van der Waals surface area contributed by atoms with Crippen molar-refractivity contribution in [2.45, 2.75) is 6.61 Å². The molecule has 0 fully saturated rings. The Kier molecular flexibility index (Phi) is 6.03. The molecule has 6 heteroatoms. The number of hydrogen-bond donors (Lipinski definition) is 1. The van der Waals surface area contributed by atoms with Crippen molar-refractivity contribution in [3.63, 3.8) is 0 Å². The van der Waals surface area contributed by atoms with Gasteiger partial charge in [0.1, 0.15) is 18.1 Å². The number of carbonyl (C=O) groups is 1. The molecule has 1 N–H and O–H groups in total. The van der Waals surface area contributed by atoms with E-state index in [1.54, 1.807) is 24.1 Å². The van der Waals surface area contributed by atoms with Crippen molar-refractivity contribution in [1.82, 2.24) is 10.2 Å². The quantitative estimate of drug-likeness (QED) is 0.818. The summed E-state index contributed by atoms with van der Waals surface area (Å²) in [6.07, 6.45) is 0. The first-order chi connectivity index (χ1) is 10.6. The number of rotatable bonds is 7. The molecule has 0 aliphatic carbocycles. The molecule has 0 radical (unpaired) electrons. The van der Waals surface area contributed by atoms with Crippen LogP contribution >= 0.6 is 15.9 Å². The summed E-state index contributed by atoms with van der Waals surface area (Å²) in [4.78, 5) is 13.8. The second kappa shape index (κ2) is 8.00. The molecule has 5 nitrogen and oxygen atoms in total. The van der Waals surface area contributed by atoms with Crippen molar-refractivity contribution in [2.24, 2.45) is 0 Å². The lowest BCUT2D eigenvalue weighted by molar-refractivity contribution is 0.0761. The first-order valence-corrected chi connectivity index (χ1v) is 7.76. The highest BCUT2D eigenvalue weighted by Crippen LogP contribution is 2.18. The third-order valence-electron chi connectivity index (χ3n) is 3.11. The summed E-state index contributed by atoms with van der Waals surface area (Å²) in [7, 11) is 3.60. The Balaban J connectivity index is 1.90. The molecule has 0 saturated heterocycles. The predicted octanol–water partition coefficient (Wildman–Crippen LogP) is 2.91. The summed E-state index contributed by atoms with van der Waals surface area (Å²) in [6, 6.07) is 11.0. The van der Waals surface area contributed by atoms with Crippen LogP contribution in [0.5, 0.6) is 5.75 Å². The number of nitrogens with zero attached hydrogens (tertiary/aromatic N) is 1. The number of likely N-dealkylation sites (N-methyl/N-ethyl adjacent to an activating group) is 2. The van der Waals surface area contributed by atoms with Crippen LogP contribution in [-0.2, 0) is 6.61 Å². The lowest BCUT2D eigenvalue weighted by atomic mass is 10.3. The van der Waals surface area contributed by atoms with E-state index >= 15 is 0 Å². The summed E-state index contributed by atoms with van der Waals surface area (Å²) in [5.41, 5.74) is 0. The van der Waals surface area contributed by atoms with E-state index in [0.717, 1.165) is 16.8 Å². The van der Waals surface area contributed by atoms with Crippen LogP contribution in [0.4, 0.5) is 0 Å². The summed E-state index contributed by atoms with van der Waals surface area (Å²) < 4.78 is 12.2. The highest BCUT2D eigenvalue weighted by molar-refractivity contribution is 9.10. The first-order valence-electron chi connectivity index (χ1n) is 6.97. The number of hydrogen-bond acceptors (Lipinski definition) is 4. The third kappa shape index (κ3) is 4.61. The van der Waals surface area contributed by atoms with E-state index in [1.807, 2.05) is 31.3 Å². The molecule has 0 unspecified atom stereocenters. The summed E-state index contributed by atoms with van der Waals surface area (Å²) in [6.45, 7) is 1.65. The van der Waals surface area contributed by atoms with E-state index < -0.39 is 0 Å². The number of amides is 1. The Morgan fingerprint density at radius 2 is 2.00 bits per heavy atom. The first kappa shape index (κ1) is 16.6. The van der Waals surface area contributed by atoms with Gasteiger partial charge in [-0.3, -0.25) is 4.79 Å². The van der Waals surface area contributed by atoms with Crippen molar-refractivity contribution >= 4 is 21.8 Å². The Bertz CT molecular complexity index is 610. The summed E-state index contributed by atoms with van der Waals surface area (Å²) in [5, 5.41) is 3.00. The molecule has 0 bridgehead atoms. The fraction of sp³-hybridized carbons (Fsp3) is 0.312. The fourth-order valence-electron chi connectivity index (χ4n) is 1.82. The SMILES string of the molecule is CNCCN(C)C(=O)c1ccc(COc2ccc(Br)cc2)o1. The molecule has 118 valence electrons. The van der Waals surface area contributed by atoms with Gasteiger partial charge in [0.15, 0.2) is 5.76 Å². The number of furan rings is 1. The molecule has 0 aliphatic heterocycles. The molecular formula is C16H19BrN2O3. The highest BCUT2D eigenvalue weighted by atomic mass is 79.9. The maximum Gasteiger partial charge on any atom is 0.289 e. The van der Waals surface area contributed by atoms with E-state index in [-0.39, 0.29) is 12.5 Å². The molecule has 1 heterocycles. The van der Waals surface area contributed by atoms with Gasteiger partial charge < -0.3 is 19.4 Å². The van der Waals surface area contributed by atoms with Crippen LogP contribution in [0.15, 0.2) is 45.3 Å². The van der Waals surface area contributed by atoms with Crippen LogP contribution in [-0.4, -0.2) is 38.0 Å². The highest BCUT2D eigenvalue weighted by Gasteiger charge is 2.15. The second-order valence-corrected chi connectivity index (χ2v) is 5.75. The zero-order chi connectivity index (χ0) is 15.9.